The van der Waals surface area contributed by atoms with Crippen molar-refractivity contribution in [1.82, 2.24) is 28.4 Å². The number of hydrogen-bond acceptors (Lipinski definition) is 8. The minimum Gasteiger partial charge on any atom is -0.344 e. The van der Waals surface area contributed by atoms with E-state index in [1.807, 2.05) is 36.7 Å². The summed E-state index contributed by atoms with van der Waals surface area (Å²) in [5, 5.41) is 3.14. The lowest BCUT2D eigenvalue weighted by Gasteiger charge is -2.53. The van der Waals surface area contributed by atoms with E-state index in [-0.39, 0.29) is 28.9 Å². The number of aromatic nitrogens is 3. The summed E-state index contributed by atoms with van der Waals surface area (Å²) in [6.07, 6.45) is 64.4. The van der Waals surface area contributed by atoms with E-state index in [2.05, 4.69) is 83.1 Å². The van der Waals surface area contributed by atoms with Gasteiger partial charge in [0.2, 0.25) is 11.6 Å². The van der Waals surface area contributed by atoms with Crippen LogP contribution in [0.3, 0.4) is 0 Å². The first-order valence-electron chi connectivity index (χ1n) is 40.7. The van der Waals surface area contributed by atoms with Crippen LogP contribution in [0.2, 0.25) is 0 Å². The molecule has 3 aromatic carbocycles. The van der Waals surface area contributed by atoms with Gasteiger partial charge < -0.3 is 13.7 Å². The summed E-state index contributed by atoms with van der Waals surface area (Å²) in [4.78, 5) is 69.9. The van der Waals surface area contributed by atoms with Gasteiger partial charge in [0.15, 0.2) is 11.6 Å². The van der Waals surface area contributed by atoms with Crippen LogP contribution in [-0.4, -0.2) is 112 Å². The molecule has 6 aromatic rings. The number of hydrogen-bond donors (Lipinski definition) is 0. The quantitative estimate of drug-likeness (QED) is 0.0880. The molecule has 9 atom stereocenters. The van der Waals surface area contributed by atoms with Crippen molar-refractivity contribution in [3.05, 3.63) is 108 Å². The summed E-state index contributed by atoms with van der Waals surface area (Å²) in [6, 6.07) is 32.9. The number of nitrogens with zero attached hydrogens (tertiary/aromatic N) is 6. The van der Waals surface area contributed by atoms with Crippen molar-refractivity contribution >= 4 is 61.6 Å². The summed E-state index contributed by atoms with van der Waals surface area (Å²) < 4.78 is 7.26. The number of rotatable bonds is 12. The second-order valence-electron chi connectivity index (χ2n) is 32.7. The Morgan fingerprint density at radius 2 is 0.531 bits per heavy atom. The zero-order valence-electron chi connectivity index (χ0n) is 60.7. The molecular formula is C87H122N6O5. The maximum atomic E-state index is 12.7. The summed E-state index contributed by atoms with van der Waals surface area (Å²) >= 11 is 0. The molecule has 0 spiro atoms. The van der Waals surface area contributed by atoms with E-state index in [0.29, 0.717) is 59.8 Å². The van der Waals surface area contributed by atoms with Crippen LogP contribution in [0, 0.1) is 0 Å². The second-order valence-corrected chi connectivity index (χ2v) is 32.7. The van der Waals surface area contributed by atoms with E-state index in [9.17, 15) is 24.0 Å². The van der Waals surface area contributed by atoms with Crippen LogP contribution < -0.4 is 0 Å². The lowest BCUT2D eigenvalue weighted by Crippen LogP contribution is -2.56. The molecule has 530 valence electrons. The molecule has 11 nitrogen and oxygen atoms in total. The van der Waals surface area contributed by atoms with Crippen molar-refractivity contribution in [3.63, 3.8) is 0 Å². The Kier molecular flexibility index (Phi) is 24.6. The molecular weight excluding hydrogens is 1210 g/mol. The van der Waals surface area contributed by atoms with Gasteiger partial charge in [-0.1, -0.05) is 209 Å². The highest BCUT2D eigenvalue weighted by atomic mass is 16.2. The monoisotopic (exact) mass is 1330 g/mol. The summed E-state index contributed by atoms with van der Waals surface area (Å²) in [7, 11) is 0. The van der Waals surface area contributed by atoms with Gasteiger partial charge in [-0.2, -0.15) is 0 Å². The molecule has 98 heavy (non-hydrogen) atoms. The number of carbonyl (C=O) groups is 5. The highest BCUT2D eigenvalue weighted by Gasteiger charge is 2.46. The van der Waals surface area contributed by atoms with Gasteiger partial charge in [0.1, 0.15) is 5.78 Å². The van der Waals surface area contributed by atoms with Crippen molar-refractivity contribution in [1.29, 1.82) is 0 Å². The Hall–Kier alpha value is -5.49. The third kappa shape index (κ3) is 16.5. The van der Waals surface area contributed by atoms with E-state index in [1.54, 1.807) is 6.92 Å². The Balaban J connectivity index is 0.000000132. The zero-order chi connectivity index (χ0) is 67.5. The molecule has 3 unspecified atom stereocenters. The molecule has 0 radical (unpaired) electrons. The maximum absolute atomic E-state index is 12.7. The van der Waals surface area contributed by atoms with Crippen molar-refractivity contribution in [2.45, 2.75) is 369 Å². The standard InChI is InChI=1S/2C29H40N2O2.C29H42N2O/c2*1-21(32)29(33)27-20-30(28-17-10-9-16-26(27)28)25-18-23-14-11-15-24(19-25)31(23)22-12-7-5-3-2-4-6-8-13-22;1-22(32)18-23-21-30(29-17-10-9-16-28(23)29)27-19-25-14-11-15-26(20-27)31(25)24-12-7-5-3-2-4-6-8-13-24/h2*9-10,16-17,20,22-25H,2-8,11-15,18-19H2,1H3;9-10,16-17,21,24-27H,2-8,11-15,18-20H2,1H3/t2*23-,24+,25?;25-,26+,27?. The van der Waals surface area contributed by atoms with Gasteiger partial charge in [-0.25, -0.2) is 0 Å². The average Bonchev–Trinajstić information content (AvgIpc) is 1.50. The molecule has 11 heteroatoms. The van der Waals surface area contributed by atoms with Gasteiger partial charge in [0.25, 0.3) is 0 Å². The minimum atomic E-state index is -0.374. The molecule has 3 aromatic heterocycles. The molecule has 0 amide bonds. The molecule has 6 bridgehead atoms. The summed E-state index contributed by atoms with van der Waals surface area (Å²) in [6.45, 7) is 4.49. The normalized spacial score (nSPS) is 28.2. The van der Waals surface area contributed by atoms with Gasteiger partial charge >= 0.3 is 0 Å². The van der Waals surface area contributed by atoms with Crippen LogP contribution in [0.25, 0.3) is 32.7 Å². The molecule has 0 N–H and O–H groups in total. The zero-order valence-corrected chi connectivity index (χ0v) is 60.7. The Bertz CT molecular complexity index is 3410. The lowest BCUT2D eigenvalue weighted by atomic mass is 9.79. The third-order valence-corrected chi connectivity index (χ3v) is 26.1. The maximum Gasteiger partial charge on any atom is 0.230 e. The molecule has 9 fully saturated rings. The molecule has 3 aliphatic carbocycles. The lowest BCUT2D eigenvalue weighted by molar-refractivity contribution is -0.116. The number of para-hydroxylation sites is 3. The van der Waals surface area contributed by atoms with E-state index < -0.39 is 0 Å². The van der Waals surface area contributed by atoms with Crippen molar-refractivity contribution in [2.24, 2.45) is 0 Å². The molecule has 6 saturated heterocycles. The highest BCUT2D eigenvalue weighted by molar-refractivity contribution is 6.45. The molecule has 6 aliphatic heterocycles. The van der Waals surface area contributed by atoms with Crippen LogP contribution >= 0.6 is 0 Å². The van der Waals surface area contributed by atoms with Gasteiger partial charge in [0, 0.05) is 144 Å². The molecule has 9 aliphatic rings. The highest BCUT2D eigenvalue weighted by Crippen LogP contribution is 2.48. The van der Waals surface area contributed by atoms with Crippen molar-refractivity contribution in [3.8, 4) is 0 Å². The Morgan fingerprint density at radius 3 is 0.816 bits per heavy atom. The average molecular weight is 1330 g/mol. The molecule has 9 heterocycles. The predicted octanol–water partition coefficient (Wildman–Crippen LogP) is 21.0. The summed E-state index contributed by atoms with van der Waals surface area (Å²) in [5.74, 6) is -1.20. The number of fused-ring (bicyclic) bond motifs is 9. The van der Waals surface area contributed by atoms with E-state index in [4.69, 9.17) is 0 Å². The predicted molar refractivity (Wildman–Crippen MR) is 401 cm³/mol. The Labute approximate surface area is 588 Å². The van der Waals surface area contributed by atoms with Crippen LogP contribution in [0.5, 0.6) is 0 Å². The van der Waals surface area contributed by atoms with Crippen LogP contribution in [0.1, 0.15) is 335 Å². The van der Waals surface area contributed by atoms with E-state index >= 15 is 0 Å². The van der Waals surface area contributed by atoms with Crippen LogP contribution in [0.4, 0.5) is 0 Å². The van der Waals surface area contributed by atoms with Gasteiger partial charge in [0.05, 0.1) is 11.1 Å². The van der Waals surface area contributed by atoms with Gasteiger partial charge in [-0.05, 0) is 146 Å². The first-order chi connectivity index (χ1) is 48.0. The smallest absolute Gasteiger partial charge is 0.230 e. The van der Waals surface area contributed by atoms with Crippen molar-refractivity contribution in [2.75, 3.05) is 0 Å². The Morgan fingerprint density at radius 1 is 0.286 bits per heavy atom. The van der Waals surface area contributed by atoms with E-state index in [1.165, 1.54) is 300 Å². The fourth-order valence-corrected chi connectivity index (χ4v) is 21.6. The van der Waals surface area contributed by atoms with Gasteiger partial charge in [-0.3, -0.25) is 38.7 Å². The number of Topliss-reactive ketones (excluding diaryl/α,β-unsaturated/α-hetero) is 5. The fraction of sp³-hybridized carbons (Fsp3) is 0.667. The first kappa shape index (κ1) is 70.9. The second kappa shape index (κ2) is 34.0. The van der Waals surface area contributed by atoms with Crippen molar-refractivity contribution < 1.29 is 24.0 Å². The fourth-order valence-electron chi connectivity index (χ4n) is 21.6. The van der Waals surface area contributed by atoms with Crippen LogP contribution in [-0.2, 0) is 20.8 Å². The minimum absolute atomic E-state index is 0.260. The first-order valence-corrected chi connectivity index (χ1v) is 40.7. The topological polar surface area (TPSA) is 110 Å². The van der Waals surface area contributed by atoms with Gasteiger partial charge in [-0.15, -0.1) is 0 Å². The third-order valence-electron chi connectivity index (χ3n) is 26.1. The number of benzene rings is 3. The number of carbonyl (C=O) groups excluding carboxylic acids is 5. The molecule has 15 rings (SSSR count). The van der Waals surface area contributed by atoms with E-state index in [0.717, 1.165) is 52.0 Å². The van der Waals surface area contributed by atoms with Crippen LogP contribution in [0.15, 0.2) is 91.4 Å². The summed E-state index contributed by atoms with van der Waals surface area (Å²) in [5.41, 5.74) is 5.93. The molecule has 3 saturated carbocycles. The largest absolute Gasteiger partial charge is 0.344 e. The number of piperidine rings is 6. The SMILES string of the molecule is CC(=O)C(=O)c1cn(C2C[C@H]3CCC[C@@H](C2)N3C2CCCCCCCCC2)c2ccccc12.CC(=O)C(=O)c1cn(C2C[C@H]3CCC[C@@H](C2)N3C2CCCCCCCCC2)c2ccccc12.CC(=O)Cc1cn(C2C[C@H]3CCC[C@@H](C2)N3C2CCCCCCCCC2)c2ccccc12. The number of ketones is 5.